The quantitative estimate of drug-likeness (QED) is 0.887. The summed E-state index contributed by atoms with van der Waals surface area (Å²) in [6, 6.07) is 0.224. The Morgan fingerprint density at radius 1 is 1.60 bits per heavy atom. The van der Waals surface area contributed by atoms with Crippen molar-refractivity contribution < 1.29 is 9.47 Å². The molecule has 3 rings (SSSR count). The van der Waals surface area contributed by atoms with Gasteiger partial charge in [0.15, 0.2) is 0 Å². The second-order valence-corrected chi connectivity index (χ2v) is 5.63. The van der Waals surface area contributed by atoms with Crippen molar-refractivity contribution in [3.05, 3.63) is 21.6 Å². The van der Waals surface area contributed by atoms with Gasteiger partial charge in [0.05, 0.1) is 43.3 Å². The van der Waals surface area contributed by atoms with Gasteiger partial charge in [-0.1, -0.05) is 11.6 Å². The normalized spacial score (nSPS) is 28.0. The molecule has 7 heteroatoms. The first-order valence-electron chi connectivity index (χ1n) is 6.85. The zero-order valence-electron chi connectivity index (χ0n) is 11.3. The fraction of sp³-hybridized carbons (Fsp3) is 0.692. The van der Waals surface area contributed by atoms with Gasteiger partial charge in [0, 0.05) is 7.11 Å². The van der Waals surface area contributed by atoms with E-state index in [-0.39, 0.29) is 22.7 Å². The van der Waals surface area contributed by atoms with Crippen molar-refractivity contribution in [2.24, 2.45) is 0 Å². The molecule has 0 aliphatic carbocycles. The number of hydrogen-bond donors (Lipinski definition) is 1. The third-order valence-electron chi connectivity index (χ3n) is 3.94. The fourth-order valence-corrected chi connectivity index (χ4v) is 3.09. The van der Waals surface area contributed by atoms with Crippen LogP contribution in [-0.2, 0) is 16.0 Å². The fourth-order valence-electron chi connectivity index (χ4n) is 2.89. The molecule has 0 spiro atoms. The molecule has 0 amide bonds. The van der Waals surface area contributed by atoms with E-state index in [4.69, 9.17) is 21.1 Å². The zero-order chi connectivity index (χ0) is 14.1. The maximum Gasteiger partial charge on any atom is 0.287 e. The molecule has 3 unspecified atom stereocenters. The minimum absolute atomic E-state index is 0.180. The lowest BCUT2D eigenvalue weighted by Crippen LogP contribution is -2.32. The molecule has 3 atom stereocenters. The summed E-state index contributed by atoms with van der Waals surface area (Å²) >= 11 is 6.14. The topological polar surface area (TPSA) is 65.4 Å². The van der Waals surface area contributed by atoms with E-state index in [1.165, 1.54) is 4.68 Å². The second-order valence-electron chi connectivity index (χ2n) is 5.25. The van der Waals surface area contributed by atoms with E-state index in [1.807, 2.05) is 0 Å². The minimum atomic E-state index is -0.294. The molecule has 2 fully saturated rings. The average molecular weight is 300 g/mol. The van der Waals surface area contributed by atoms with Crippen molar-refractivity contribution >= 4 is 17.3 Å². The maximum atomic E-state index is 12.1. The van der Waals surface area contributed by atoms with Crippen molar-refractivity contribution in [2.75, 3.05) is 19.0 Å². The number of nitrogens with zero attached hydrogens (tertiary/aromatic N) is 2. The van der Waals surface area contributed by atoms with Crippen molar-refractivity contribution in [3.63, 3.8) is 0 Å². The number of rotatable bonds is 5. The molecular formula is C13H18ClN3O3. The highest BCUT2D eigenvalue weighted by atomic mass is 35.5. The van der Waals surface area contributed by atoms with Crippen LogP contribution in [0.3, 0.4) is 0 Å². The molecule has 0 radical (unpaired) electrons. The standard InChI is InChI=1S/C13H18ClN3O3/c1-19-5-4-17-13(18)12(14)10(7-15-17)16-9-6-8-2-3-11(9)20-8/h7-9,11,16H,2-6H2,1H3. The minimum Gasteiger partial charge on any atom is -0.383 e. The highest BCUT2D eigenvalue weighted by Gasteiger charge is 2.40. The Labute approximate surface area is 122 Å². The maximum absolute atomic E-state index is 12.1. The molecule has 0 saturated carbocycles. The summed E-state index contributed by atoms with van der Waals surface area (Å²) in [7, 11) is 1.58. The van der Waals surface area contributed by atoms with Gasteiger partial charge in [-0.25, -0.2) is 4.68 Å². The lowest BCUT2D eigenvalue weighted by Gasteiger charge is -2.21. The summed E-state index contributed by atoms with van der Waals surface area (Å²) in [6.07, 6.45) is 5.35. The van der Waals surface area contributed by atoms with Crippen LogP contribution in [-0.4, -0.2) is 41.7 Å². The van der Waals surface area contributed by atoms with Crippen molar-refractivity contribution in [2.45, 2.75) is 44.1 Å². The van der Waals surface area contributed by atoms with Crippen LogP contribution in [0, 0.1) is 0 Å². The summed E-state index contributed by atoms with van der Waals surface area (Å²) in [4.78, 5) is 12.1. The lowest BCUT2D eigenvalue weighted by molar-refractivity contribution is 0.102. The van der Waals surface area contributed by atoms with Crippen LogP contribution in [0.5, 0.6) is 0 Å². The summed E-state index contributed by atoms with van der Waals surface area (Å²) in [5, 5.41) is 7.60. The number of aromatic nitrogens is 2. The van der Waals surface area contributed by atoms with Gasteiger partial charge in [0.2, 0.25) is 0 Å². The molecule has 2 aliphatic heterocycles. The number of anilines is 1. The molecule has 1 aromatic heterocycles. The smallest absolute Gasteiger partial charge is 0.287 e. The Hall–Kier alpha value is -1.11. The summed E-state index contributed by atoms with van der Waals surface area (Å²) in [5.41, 5.74) is 0.296. The van der Waals surface area contributed by atoms with Crippen molar-refractivity contribution in [3.8, 4) is 0 Å². The van der Waals surface area contributed by atoms with Crippen LogP contribution in [0.4, 0.5) is 5.69 Å². The highest BCUT2D eigenvalue weighted by molar-refractivity contribution is 6.32. The van der Waals surface area contributed by atoms with E-state index >= 15 is 0 Å². The third-order valence-corrected chi connectivity index (χ3v) is 4.30. The van der Waals surface area contributed by atoms with Gasteiger partial charge < -0.3 is 14.8 Å². The van der Waals surface area contributed by atoms with Gasteiger partial charge in [-0.05, 0) is 19.3 Å². The Morgan fingerprint density at radius 3 is 3.10 bits per heavy atom. The van der Waals surface area contributed by atoms with Gasteiger partial charge >= 0.3 is 0 Å². The lowest BCUT2D eigenvalue weighted by atomic mass is 9.95. The first kappa shape index (κ1) is 13.9. The largest absolute Gasteiger partial charge is 0.383 e. The van der Waals surface area contributed by atoms with Gasteiger partial charge in [-0.15, -0.1) is 0 Å². The van der Waals surface area contributed by atoms with E-state index < -0.39 is 0 Å². The number of methoxy groups -OCH3 is 1. The highest BCUT2D eigenvalue weighted by Crippen LogP contribution is 2.36. The first-order valence-corrected chi connectivity index (χ1v) is 7.23. The van der Waals surface area contributed by atoms with E-state index in [9.17, 15) is 4.79 Å². The van der Waals surface area contributed by atoms with Crippen LogP contribution >= 0.6 is 11.6 Å². The summed E-state index contributed by atoms with van der Waals surface area (Å²) in [5.74, 6) is 0. The molecule has 6 nitrogen and oxygen atoms in total. The number of ether oxygens (including phenoxy) is 2. The van der Waals surface area contributed by atoms with E-state index in [0.717, 1.165) is 19.3 Å². The average Bonchev–Trinajstić information content (AvgIpc) is 3.05. The molecule has 1 N–H and O–H groups in total. The van der Waals surface area contributed by atoms with Gasteiger partial charge in [0.25, 0.3) is 5.56 Å². The predicted molar refractivity (Wildman–Crippen MR) is 75.3 cm³/mol. The Bertz CT molecular complexity index is 548. The number of hydrogen-bond acceptors (Lipinski definition) is 5. The van der Waals surface area contributed by atoms with E-state index in [2.05, 4.69) is 10.4 Å². The van der Waals surface area contributed by atoms with Crippen LogP contribution < -0.4 is 10.9 Å². The van der Waals surface area contributed by atoms with Gasteiger partial charge in [0.1, 0.15) is 5.02 Å². The molecule has 2 aliphatic rings. The van der Waals surface area contributed by atoms with Crippen molar-refractivity contribution in [1.82, 2.24) is 9.78 Å². The summed E-state index contributed by atoms with van der Waals surface area (Å²) in [6.45, 7) is 0.822. The number of nitrogens with one attached hydrogen (secondary N) is 1. The zero-order valence-corrected chi connectivity index (χ0v) is 12.1. The third kappa shape index (κ3) is 2.55. The molecular weight excluding hydrogens is 282 g/mol. The van der Waals surface area contributed by atoms with Crippen LogP contribution in [0.15, 0.2) is 11.0 Å². The van der Waals surface area contributed by atoms with Crippen molar-refractivity contribution in [1.29, 1.82) is 0 Å². The monoisotopic (exact) mass is 299 g/mol. The van der Waals surface area contributed by atoms with Crippen LogP contribution in [0.1, 0.15) is 19.3 Å². The molecule has 20 heavy (non-hydrogen) atoms. The molecule has 3 heterocycles. The molecule has 2 saturated heterocycles. The number of fused-ring (bicyclic) bond motifs is 2. The first-order chi connectivity index (χ1) is 9.69. The Morgan fingerprint density at radius 2 is 2.45 bits per heavy atom. The predicted octanol–water partition coefficient (Wildman–Crippen LogP) is 1.27. The van der Waals surface area contributed by atoms with Crippen LogP contribution in [0.2, 0.25) is 5.02 Å². The van der Waals surface area contributed by atoms with Gasteiger partial charge in [-0.2, -0.15) is 5.10 Å². The summed E-state index contributed by atoms with van der Waals surface area (Å²) < 4.78 is 12.0. The molecule has 0 aromatic carbocycles. The Kier molecular flexibility index (Phi) is 3.96. The second kappa shape index (κ2) is 5.71. The Balaban J connectivity index is 1.74. The SMILES string of the molecule is COCCn1ncc(NC2CC3CCC2O3)c(Cl)c1=O. The van der Waals surface area contributed by atoms with E-state index in [1.54, 1.807) is 13.3 Å². The number of halogens is 1. The molecule has 110 valence electrons. The van der Waals surface area contributed by atoms with Gasteiger partial charge in [-0.3, -0.25) is 4.79 Å². The van der Waals surface area contributed by atoms with Crippen LogP contribution in [0.25, 0.3) is 0 Å². The molecule has 1 aromatic rings. The molecule has 2 bridgehead atoms. The van der Waals surface area contributed by atoms with E-state index in [0.29, 0.717) is 24.9 Å².